The van der Waals surface area contributed by atoms with Crippen molar-refractivity contribution in [3.05, 3.63) is 0 Å². The zero-order valence-corrected chi connectivity index (χ0v) is 8.51. The Bertz CT molecular complexity index is 127. The minimum atomic E-state index is 0.381. The smallest absolute Gasteiger partial charge is 0.0499 e. The molecule has 2 nitrogen and oxygen atoms in total. The first-order valence-electron chi connectivity index (χ1n) is 4.20. The molecule has 0 spiro atoms. The van der Waals surface area contributed by atoms with E-state index in [1.807, 2.05) is 0 Å². The minimum Gasteiger partial charge on any atom is -0.305 e. The van der Waals surface area contributed by atoms with Crippen molar-refractivity contribution in [1.29, 1.82) is 0 Å². The molecule has 1 saturated heterocycles. The molecule has 0 aliphatic carbocycles. The van der Waals surface area contributed by atoms with Gasteiger partial charge in [0, 0.05) is 18.0 Å². The molecule has 11 heavy (non-hydrogen) atoms. The maximum atomic E-state index is 4.41. The second-order valence-electron chi connectivity index (χ2n) is 3.50. The largest absolute Gasteiger partial charge is 0.305 e. The van der Waals surface area contributed by atoms with Crippen LogP contribution in [0.2, 0.25) is 0 Å². The molecule has 3 heteroatoms. The fourth-order valence-electron chi connectivity index (χ4n) is 1.55. The number of nitrogens with zero attached hydrogens (tertiary/aromatic N) is 2. The zero-order chi connectivity index (χ0) is 8.43. The van der Waals surface area contributed by atoms with E-state index in [0.29, 0.717) is 11.4 Å². The Hall–Kier alpha value is 0.270. The molecular weight excluding hydrogens is 156 g/mol. The van der Waals surface area contributed by atoms with Crippen LogP contribution < -0.4 is 0 Å². The van der Waals surface area contributed by atoms with Crippen LogP contribution in [0.15, 0.2) is 0 Å². The predicted molar refractivity (Wildman–Crippen MR) is 52.1 cm³/mol. The van der Waals surface area contributed by atoms with Crippen molar-refractivity contribution in [1.82, 2.24) is 9.80 Å². The normalized spacial score (nSPS) is 29.7. The van der Waals surface area contributed by atoms with Crippen molar-refractivity contribution in [2.75, 3.05) is 27.2 Å². The Balaban J connectivity index is 2.36. The quantitative estimate of drug-likeness (QED) is 0.491. The lowest BCUT2D eigenvalue weighted by molar-refractivity contribution is 0.236. The Morgan fingerprint density at radius 2 is 2.27 bits per heavy atom. The van der Waals surface area contributed by atoms with Gasteiger partial charge in [-0.3, -0.25) is 4.90 Å². The first kappa shape index (κ1) is 9.36. The second-order valence-corrected chi connectivity index (χ2v) is 4.25. The summed E-state index contributed by atoms with van der Waals surface area (Å²) in [4.78, 5) is 4.71. The highest BCUT2D eigenvalue weighted by Gasteiger charge is 2.24. The first-order chi connectivity index (χ1) is 5.11. The third-order valence-corrected chi connectivity index (χ3v) is 2.90. The Morgan fingerprint density at radius 3 is 2.64 bits per heavy atom. The van der Waals surface area contributed by atoms with Crippen LogP contribution in [0.3, 0.4) is 0 Å². The first-order valence-corrected chi connectivity index (χ1v) is 4.71. The molecule has 0 N–H and O–H groups in total. The summed E-state index contributed by atoms with van der Waals surface area (Å²) in [6.07, 6.45) is 1.29. The van der Waals surface area contributed by atoms with Crippen molar-refractivity contribution >= 4 is 12.6 Å². The van der Waals surface area contributed by atoms with Crippen LogP contribution in [-0.4, -0.2) is 48.4 Å². The number of thiol groups is 1. The summed E-state index contributed by atoms with van der Waals surface area (Å²) in [5.41, 5.74) is 0. The molecule has 0 amide bonds. The van der Waals surface area contributed by atoms with E-state index in [1.54, 1.807) is 0 Å². The summed E-state index contributed by atoms with van der Waals surface area (Å²) in [5.74, 6) is 0. The lowest BCUT2D eigenvalue weighted by Gasteiger charge is -2.27. The summed E-state index contributed by atoms with van der Waals surface area (Å²) < 4.78 is 0. The fraction of sp³-hybridized carbons (Fsp3) is 1.00. The molecule has 0 aromatic rings. The van der Waals surface area contributed by atoms with Gasteiger partial charge in [0.25, 0.3) is 0 Å². The summed E-state index contributed by atoms with van der Waals surface area (Å²) in [5, 5.41) is 0.381. The Kier molecular flexibility index (Phi) is 3.22. The van der Waals surface area contributed by atoms with Crippen LogP contribution in [0, 0.1) is 0 Å². The van der Waals surface area contributed by atoms with Gasteiger partial charge < -0.3 is 4.90 Å². The van der Waals surface area contributed by atoms with Gasteiger partial charge in [-0.2, -0.15) is 12.6 Å². The van der Waals surface area contributed by atoms with Gasteiger partial charge in [0.15, 0.2) is 0 Å². The Morgan fingerprint density at radius 1 is 1.64 bits per heavy atom. The third kappa shape index (κ3) is 2.36. The van der Waals surface area contributed by atoms with E-state index >= 15 is 0 Å². The van der Waals surface area contributed by atoms with Gasteiger partial charge in [-0.15, -0.1) is 0 Å². The molecule has 1 fully saturated rings. The van der Waals surface area contributed by atoms with E-state index < -0.39 is 0 Å². The molecule has 66 valence electrons. The van der Waals surface area contributed by atoms with E-state index in [9.17, 15) is 0 Å². The minimum absolute atomic E-state index is 0.381. The predicted octanol–water partition coefficient (Wildman–Crippen LogP) is 0.898. The SMILES string of the molecule is CC(S)N(C)[C@@H]1CCN(C)C1. The van der Waals surface area contributed by atoms with Crippen LogP contribution in [0.5, 0.6) is 0 Å². The number of likely N-dealkylation sites (N-methyl/N-ethyl adjacent to an activating group) is 2. The highest BCUT2D eigenvalue weighted by Crippen LogP contribution is 2.15. The lowest BCUT2D eigenvalue weighted by Crippen LogP contribution is -2.37. The van der Waals surface area contributed by atoms with E-state index in [-0.39, 0.29) is 0 Å². The van der Waals surface area contributed by atoms with Crippen molar-refractivity contribution in [2.45, 2.75) is 24.8 Å². The van der Waals surface area contributed by atoms with Gasteiger partial charge in [-0.25, -0.2) is 0 Å². The van der Waals surface area contributed by atoms with Crippen LogP contribution in [0.1, 0.15) is 13.3 Å². The number of rotatable bonds is 2. The third-order valence-electron chi connectivity index (χ3n) is 2.53. The average molecular weight is 174 g/mol. The van der Waals surface area contributed by atoms with Crippen LogP contribution in [0.4, 0.5) is 0 Å². The van der Waals surface area contributed by atoms with Gasteiger partial charge >= 0.3 is 0 Å². The molecule has 2 atom stereocenters. The van der Waals surface area contributed by atoms with Crippen LogP contribution >= 0.6 is 12.6 Å². The van der Waals surface area contributed by atoms with E-state index in [1.165, 1.54) is 19.5 Å². The molecule has 1 aliphatic heterocycles. The van der Waals surface area contributed by atoms with E-state index in [2.05, 4.69) is 43.4 Å². The van der Waals surface area contributed by atoms with Gasteiger partial charge in [0.2, 0.25) is 0 Å². The topological polar surface area (TPSA) is 6.48 Å². The van der Waals surface area contributed by atoms with Gasteiger partial charge in [-0.1, -0.05) is 0 Å². The molecule has 1 heterocycles. The van der Waals surface area contributed by atoms with Crippen LogP contribution in [0.25, 0.3) is 0 Å². The number of likely N-dealkylation sites (tertiary alicyclic amines) is 1. The van der Waals surface area contributed by atoms with Gasteiger partial charge in [-0.05, 0) is 34.0 Å². The fourth-order valence-corrected chi connectivity index (χ4v) is 1.74. The van der Waals surface area contributed by atoms with Crippen molar-refractivity contribution < 1.29 is 0 Å². The van der Waals surface area contributed by atoms with Gasteiger partial charge in [0.1, 0.15) is 0 Å². The molecule has 1 aliphatic rings. The number of hydrogen-bond acceptors (Lipinski definition) is 3. The zero-order valence-electron chi connectivity index (χ0n) is 7.62. The molecular formula is C8H18N2S. The molecule has 0 aromatic carbocycles. The summed E-state index contributed by atoms with van der Waals surface area (Å²) in [6.45, 7) is 4.55. The van der Waals surface area contributed by atoms with Crippen molar-refractivity contribution in [2.24, 2.45) is 0 Å². The molecule has 0 bridgehead atoms. The summed E-state index contributed by atoms with van der Waals surface area (Å²) in [6, 6.07) is 0.715. The van der Waals surface area contributed by atoms with Gasteiger partial charge in [0.05, 0.1) is 0 Å². The highest BCUT2D eigenvalue weighted by atomic mass is 32.1. The number of hydrogen-bond donors (Lipinski definition) is 1. The highest BCUT2D eigenvalue weighted by molar-refractivity contribution is 7.80. The van der Waals surface area contributed by atoms with E-state index in [4.69, 9.17) is 0 Å². The molecule has 0 radical (unpaired) electrons. The lowest BCUT2D eigenvalue weighted by atomic mass is 10.2. The molecule has 0 saturated carbocycles. The maximum absolute atomic E-state index is 4.41. The molecule has 1 rings (SSSR count). The molecule has 0 aromatic heterocycles. The second kappa shape index (κ2) is 3.78. The standard InChI is InChI=1S/C8H18N2S/c1-7(11)10(3)8-4-5-9(2)6-8/h7-8,11H,4-6H2,1-3H3/t7?,8-/m1/s1. The Labute approximate surface area is 75.0 Å². The van der Waals surface area contributed by atoms with E-state index in [0.717, 1.165) is 0 Å². The average Bonchev–Trinajstić information content (AvgIpc) is 2.34. The summed E-state index contributed by atoms with van der Waals surface area (Å²) in [7, 11) is 4.33. The van der Waals surface area contributed by atoms with Crippen LogP contribution in [-0.2, 0) is 0 Å². The van der Waals surface area contributed by atoms with Crippen molar-refractivity contribution in [3.63, 3.8) is 0 Å². The maximum Gasteiger partial charge on any atom is 0.0499 e. The molecule has 1 unspecified atom stereocenters. The van der Waals surface area contributed by atoms with Crippen molar-refractivity contribution in [3.8, 4) is 0 Å². The monoisotopic (exact) mass is 174 g/mol. The summed E-state index contributed by atoms with van der Waals surface area (Å²) >= 11 is 4.41.